The van der Waals surface area contributed by atoms with Crippen molar-refractivity contribution in [2.45, 2.75) is 108 Å². The molecule has 0 saturated heterocycles. The minimum absolute atomic E-state index is 0.0239. The van der Waals surface area contributed by atoms with E-state index < -0.39 is 21.4 Å². The first-order valence-electron chi connectivity index (χ1n) is 12.3. The van der Waals surface area contributed by atoms with E-state index in [-0.39, 0.29) is 22.5 Å². The molecule has 1 aliphatic carbocycles. The number of rotatable bonds is 9. The summed E-state index contributed by atoms with van der Waals surface area (Å²) in [5, 5.41) is 16.5. The van der Waals surface area contributed by atoms with Crippen molar-refractivity contribution in [3.05, 3.63) is 45.6 Å². The molecule has 1 aliphatic rings. The Balaban J connectivity index is 1.90. The van der Waals surface area contributed by atoms with Crippen LogP contribution in [0.1, 0.15) is 106 Å². The van der Waals surface area contributed by atoms with Gasteiger partial charge >= 0.3 is 0 Å². The zero-order valence-electron chi connectivity index (χ0n) is 21.7. The minimum Gasteiger partial charge on any atom is -0.383 e. The number of hydrogen-bond acceptors (Lipinski definition) is 6. The van der Waals surface area contributed by atoms with E-state index in [0.29, 0.717) is 17.7 Å². The Bertz CT molecular complexity index is 1140. The van der Waals surface area contributed by atoms with E-state index in [4.69, 9.17) is 9.88 Å². The van der Waals surface area contributed by atoms with Gasteiger partial charge in [-0.05, 0) is 60.8 Å². The molecular formula is C26H39N3O4S2. The predicted octanol–water partition coefficient (Wildman–Crippen LogP) is 5.55. The number of carbonyl (C=O) groups is 1. The molecule has 1 aromatic carbocycles. The van der Waals surface area contributed by atoms with Gasteiger partial charge in [0.15, 0.2) is 9.92 Å². The molecule has 9 heteroatoms. The molecule has 0 radical (unpaired) electrons. The number of ether oxygens (including phenoxy) is 1. The van der Waals surface area contributed by atoms with E-state index >= 15 is 0 Å². The summed E-state index contributed by atoms with van der Waals surface area (Å²) >= 11 is 1.01. The van der Waals surface area contributed by atoms with Crippen molar-refractivity contribution < 1.29 is 18.8 Å². The maximum absolute atomic E-state index is 13.1. The zero-order chi connectivity index (χ0) is 26.0. The number of aromatic nitrogens is 1. The summed E-state index contributed by atoms with van der Waals surface area (Å²) in [5.74, 6) is -0.144. The highest BCUT2D eigenvalue weighted by Crippen LogP contribution is 2.32. The molecular weight excluding hydrogens is 482 g/mol. The highest BCUT2D eigenvalue weighted by Gasteiger charge is 2.24. The molecule has 1 heterocycles. The molecule has 1 fully saturated rings. The summed E-state index contributed by atoms with van der Waals surface area (Å²) in [7, 11) is -3.46. The molecule has 0 aliphatic heterocycles. The van der Waals surface area contributed by atoms with E-state index in [9.17, 15) is 14.1 Å². The smallest absolute Gasteiger partial charge is 0.259 e. The van der Waals surface area contributed by atoms with Crippen molar-refractivity contribution >= 4 is 27.2 Å². The highest BCUT2D eigenvalue weighted by molar-refractivity contribution is 7.93. The average molecular weight is 522 g/mol. The Morgan fingerprint density at radius 3 is 2.29 bits per heavy atom. The quantitative estimate of drug-likeness (QED) is 0.449. The molecule has 1 atom stereocenters. The fourth-order valence-corrected chi connectivity index (χ4v) is 6.56. The van der Waals surface area contributed by atoms with E-state index in [1.54, 1.807) is 13.8 Å². The molecule has 3 N–H and O–H groups in total. The van der Waals surface area contributed by atoms with Crippen molar-refractivity contribution in [1.82, 2.24) is 4.98 Å². The molecule has 1 aromatic heterocycles. The van der Waals surface area contributed by atoms with Crippen molar-refractivity contribution in [3.8, 4) is 0 Å². The van der Waals surface area contributed by atoms with Crippen molar-refractivity contribution in [2.24, 2.45) is 9.50 Å². The Kier molecular flexibility index (Phi) is 8.91. The fraction of sp³-hybridized carbons (Fsp3) is 0.615. The summed E-state index contributed by atoms with van der Waals surface area (Å²) < 4.78 is 23.3. The third-order valence-corrected chi connectivity index (χ3v) is 9.50. The number of nitrogens with two attached hydrogens (primary N) is 1. The van der Waals surface area contributed by atoms with Gasteiger partial charge in [0.1, 0.15) is 14.8 Å². The van der Waals surface area contributed by atoms with Crippen molar-refractivity contribution in [3.63, 3.8) is 0 Å². The van der Waals surface area contributed by atoms with Gasteiger partial charge in [-0.1, -0.05) is 52.7 Å². The number of hydrogen-bond donors (Lipinski definition) is 2. The monoisotopic (exact) mass is 521 g/mol. The number of aliphatic hydroxyl groups is 1. The van der Waals surface area contributed by atoms with Gasteiger partial charge in [0, 0.05) is 0 Å². The molecule has 1 saturated carbocycles. The van der Waals surface area contributed by atoms with Gasteiger partial charge in [-0.3, -0.25) is 4.79 Å². The lowest BCUT2D eigenvalue weighted by molar-refractivity contribution is -0.117. The van der Waals surface area contributed by atoms with Gasteiger partial charge in [-0.2, -0.15) is 0 Å². The van der Waals surface area contributed by atoms with Crippen LogP contribution in [0.3, 0.4) is 0 Å². The topological polar surface area (TPSA) is 115 Å². The van der Waals surface area contributed by atoms with Crippen LogP contribution in [0.15, 0.2) is 26.9 Å². The van der Waals surface area contributed by atoms with Crippen LogP contribution in [0.2, 0.25) is 0 Å². The van der Waals surface area contributed by atoms with E-state index in [2.05, 4.69) is 49.2 Å². The van der Waals surface area contributed by atoms with Gasteiger partial charge in [0.05, 0.1) is 25.3 Å². The summed E-state index contributed by atoms with van der Waals surface area (Å²) in [6.07, 6.45) is 6.39. The number of nitrogens with zero attached hydrogens (tertiary/aromatic N) is 2. The van der Waals surface area contributed by atoms with Crippen molar-refractivity contribution in [2.75, 3.05) is 0 Å². The lowest BCUT2D eigenvalue weighted by atomic mass is 9.85. The van der Waals surface area contributed by atoms with Crippen LogP contribution in [0.25, 0.3) is 0 Å². The van der Waals surface area contributed by atoms with Crippen LogP contribution in [-0.2, 0) is 38.1 Å². The van der Waals surface area contributed by atoms with Crippen LogP contribution in [0.5, 0.6) is 0 Å². The van der Waals surface area contributed by atoms with E-state index in [0.717, 1.165) is 46.4 Å². The Morgan fingerprint density at radius 1 is 1.23 bits per heavy atom. The molecule has 2 aromatic rings. The number of carbonyl (C=O) groups excluding carboxylic acids is 1. The first-order chi connectivity index (χ1) is 16.3. The van der Waals surface area contributed by atoms with Crippen LogP contribution in [-0.4, -0.2) is 26.3 Å². The molecule has 1 amide bonds. The van der Waals surface area contributed by atoms with Gasteiger partial charge in [-0.25, -0.2) is 14.3 Å². The van der Waals surface area contributed by atoms with Crippen LogP contribution in [0.4, 0.5) is 0 Å². The Labute approximate surface area is 213 Å². The Hall–Kier alpha value is -1.65. The minimum atomic E-state index is -3.46. The maximum atomic E-state index is 13.1. The van der Waals surface area contributed by atoms with E-state index in [1.807, 2.05) is 0 Å². The molecule has 194 valence electrons. The maximum Gasteiger partial charge on any atom is 0.259 e. The van der Waals surface area contributed by atoms with Gasteiger partial charge in [-0.15, -0.1) is 15.7 Å². The van der Waals surface area contributed by atoms with Crippen molar-refractivity contribution in [1.29, 1.82) is 0 Å². The molecule has 7 nitrogen and oxygen atoms in total. The SMILES string of the molecule is CC(C)c1cc(COC2CCCC2)cc(C(C)C)c1CC(=O)N=S(N)(=O)c1cnc(C(C)(C)O)s1. The highest BCUT2D eigenvalue weighted by atomic mass is 32.2. The summed E-state index contributed by atoms with van der Waals surface area (Å²) in [5.41, 5.74) is 3.00. The molecule has 1 unspecified atom stereocenters. The van der Waals surface area contributed by atoms with Crippen LogP contribution in [0, 0.1) is 0 Å². The number of amides is 1. The third kappa shape index (κ3) is 7.20. The molecule has 0 spiro atoms. The van der Waals surface area contributed by atoms with Gasteiger partial charge < -0.3 is 9.84 Å². The normalized spacial score (nSPS) is 16.7. The Morgan fingerprint density at radius 2 is 1.80 bits per heavy atom. The second-order valence-corrected chi connectivity index (χ2v) is 13.6. The lowest BCUT2D eigenvalue weighted by Gasteiger charge is -2.22. The molecule has 0 bridgehead atoms. The fourth-order valence-electron chi connectivity index (χ4n) is 4.43. The number of thiazole rings is 1. The van der Waals surface area contributed by atoms with Gasteiger partial charge in [0.25, 0.3) is 5.91 Å². The third-order valence-electron chi connectivity index (χ3n) is 6.27. The first-order valence-corrected chi connectivity index (χ1v) is 14.7. The summed E-state index contributed by atoms with van der Waals surface area (Å²) in [6.45, 7) is 12.1. The van der Waals surface area contributed by atoms with Gasteiger partial charge in [0.2, 0.25) is 0 Å². The summed E-state index contributed by atoms with van der Waals surface area (Å²) in [4.78, 5) is 17.1. The molecule has 3 rings (SSSR count). The average Bonchev–Trinajstić information content (AvgIpc) is 3.44. The molecule has 35 heavy (non-hydrogen) atoms. The zero-order valence-corrected chi connectivity index (χ0v) is 23.3. The number of benzene rings is 1. The summed E-state index contributed by atoms with van der Waals surface area (Å²) in [6, 6.07) is 4.26. The van der Waals surface area contributed by atoms with E-state index in [1.165, 1.54) is 19.0 Å². The second-order valence-electron chi connectivity index (χ2n) is 10.6. The largest absolute Gasteiger partial charge is 0.383 e. The van der Waals surface area contributed by atoms with Crippen LogP contribution < -0.4 is 5.14 Å². The van der Waals surface area contributed by atoms with Crippen LogP contribution >= 0.6 is 11.3 Å². The predicted molar refractivity (Wildman–Crippen MR) is 141 cm³/mol. The first kappa shape index (κ1) is 27.9. The second kappa shape index (κ2) is 11.2. The lowest BCUT2D eigenvalue weighted by Crippen LogP contribution is -2.17. The standard InChI is InChI=1S/C26H39N3O4S2/c1-16(2)20-11-18(15-33-19-9-7-8-10-19)12-21(17(3)4)22(20)13-23(30)29-35(27,32)24-14-28-25(34-24)26(5,6)31/h11-12,14,16-17,19,31H,7-10,13,15H2,1-6H3,(H2,27,29,30,32).